The lowest BCUT2D eigenvalue weighted by atomic mass is 9.87. The first kappa shape index (κ1) is 15.6. The highest BCUT2D eigenvalue weighted by Crippen LogP contribution is 2.39. The van der Waals surface area contributed by atoms with Crippen molar-refractivity contribution >= 4 is 17.2 Å². The Kier molecular flexibility index (Phi) is 4.13. The van der Waals surface area contributed by atoms with Crippen molar-refractivity contribution in [2.75, 3.05) is 11.9 Å². The fourth-order valence-electron chi connectivity index (χ4n) is 2.84. The number of carbonyl (C=O) groups is 1. The average Bonchev–Trinajstić information content (AvgIpc) is 2.40. The Hall–Kier alpha value is -1.77. The number of para-hydroxylation sites is 1. The van der Waals surface area contributed by atoms with Gasteiger partial charge in [-0.1, -0.05) is 25.1 Å². The topological polar surface area (TPSA) is 29.5 Å². The molecule has 3 heteroatoms. The van der Waals surface area contributed by atoms with E-state index >= 15 is 0 Å². The van der Waals surface area contributed by atoms with E-state index in [1.165, 1.54) is 5.69 Å². The summed E-state index contributed by atoms with van der Waals surface area (Å²) < 4.78 is 5.62. The number of hydrogen-bond donors (Lipinski definition) is 0. The molecule has 114 valence electrons. The number of rotatable bonds is 2. The standard InChI is InChI=1S/C18H25NO2/c1-7-13-14-10-8-9-11-15(14)19(6)12(2)16(13)17(20)21-18(3,4)5/h8-12H,7H2,1-6H3. The van der Waals surface area contributed by atoms with Gasteiger partial charge >= 0.3 is 5.97 Å². The summed E-state index contributed by atoms with van der Waals surface area (Å²) in [5, 5.41) is 0. The normalized spacial score (nSPS) is 18.6. The fourth-order valence-corrected chi connectivity index (χ4v) is 2.84. The van der Waals surface area contributed by atoms with Crippen LogP contribution < -0.4 is 4.90 Å². The molecule has 21 heavy (non-hydrogen) atoms. The number of likely N-dealkylation sites (N-methyl/N-ethyl adjacent to an activating group) is 1. The highest BCUT2D eigenvalue weighted by Gasteiger charge is 2.33. The Balaban J connectivity index is 2.55. The first-order valence-corrected chi connectivity index (χ1v) is 7.55. The van der Waals surface area contributed by atoms with Gasteiger partial charge in [0.2, 0.25) is 0 Å². The van der Waals surface area contributed by atoms with Gasteiger partial charge in [0.1, 0.15) is 5.60 Å². The quantitative estimate of drug-likeness (QED) is 0.769. The number of esters is 1. The lowest BCUT2D eigenvalue weighted by Crippen LogP contribution is -2.39. The van der Waals surface area contributed by atoms with E-state index in [-0.39, 0.29) is 12.0 Å². The Morgan fingerprint density at radius 2 is 1.90 bits per heavy atom. The summed E-state index contributed by atoms with van der Waals surface area (Å²) in [4.78, 5) is 14.8. The van der Waals surface area contributed by atoms with Gasteiger partial charge in [0.05, 0.1) is 11.6 Å². The van der Waals surface area contributed by atoms with Crippen LogP contribution in [0.1, 0.15) is 46.6 Å². The molecule has 1 heterocycles. The van der Waals surface area contributed by atoms with E-state index in [1.807, 2.05) is 40.0 Å². The molecule has 0 fully saturated rings. The van der Waals surface area contributed by atoms with Crippen molar-refractivity contribution in [2.24, 2.45) is 0 Å². The molecule has 0 saturated carbocycles. The summed E-state index contributed by atoms with van der Waals surface area (Å²) in [5.74, 6) is -0.201. The van der Waals surface area contributed by atoms with Crippen molar-refractivity contribution in [1.29, 1.82) is 0 Å². The third-order valence-electron chi connectivity index (χ3n) is 3.91. The van der Waals surface area contributed by atoms with Gasteiger partial charge in [-0.05, 0) is 45.8 Å². The minimum absolute atomic E-state index is 0.0182. The fraction of sp³-hybridized carbons (Fsp3) is 0.500. The van der Waals surface area contributed by atoms with E-state index in [2.05, 4.69) is 30.9 Å². The smallest absolute Gasteiger partial charge is 0.336 e. The van der Waals surface area contributed by atoms with Crippen LogP contribution in [0.25, 0.3) is 5.57 Å². The van der Waals surface area contributed by atoms with Crippen molar-refractivity contribution < 1.29 is 9.53 Å². The van der Waals surface area contributed by atoms with E-state index in [0.29, 0.717) is 0 Å². The summed E-state index contributed by atoms with van der Waals surface area (Å²) >= 11 is 0. The Morgan fingerprint density at radius 1 is 1.29 bits per heavy atom. The van der Waals surface area contributed by atoms with Crippen molar-refractivity contribution in [3.63, 3.8) is 0 Å². The Labute approximate surface area is 127 Å². The maximum atomic E-state index is 12.6. The number of carbonyl (C=O) groups excluding carboxylic acids is 1. The molecule has 0 spiro atoms. The van der Waals surface area contributed by atoms with Gasteiger partial charge in [0.25, 0.3) is 0 Å². The van der Waals surface area contributed by atoms with Crippen LogP contribution in [0.2, 0.25) is 0 Å². The van der Waals surface area contributed by atoms with Crippen molar-refractivity contribution in [2.45, 2.75) is 52.7 Å². The van der Waals surface area contributed by atoms with Crippen LogP contribution in [0.4, 0.5) is 5.69 Å². The maximum absolute atomic E-state index is 12.6. The van der Waals surface area contributed by atoms with Crippen LogP contribution in [0.3, 0.4) is 0 Å². The van der Waals surface area contributed by atoms with Crippen LogP contribution in [0, 0.1) is 0 Å². The molecule has 0 radical (unpaired) electrons. The summed E-state index contributed by atoms with van der Waals surface area (Å²) in [6.07, 6.45) is 0.823. The number of fused-ring (bicyclic) bond motifs is 1. The highest BCUT2D eigenvalue weighted by molar-refractivity contribution is 6.03. The molecule has 0 aliphatic carbocycles. The molecule has 0 saturated heterocycles. The van der Waals surface area contributed by atoms with Crippen molar-refractivity contribution in [3.05, 3.63) is 35.4 Å². The molecule has 3 nitrogen and oxygen atoms in total. The van der Waals surface area contributed by atoms with E-state index in [9.17, 15) is 4.79 Å². The molecule has 1 aliphatic heterocycles. The number of hydrogen-bond acceptors (Lipinski definition) is 3. The molecular weight excluding hydrogens is 262 g/mol. The Morgan fingerprint density at radius 3 is 2.48 bits per heavy atom. The SMILES string of the molecule is CCC1=C(C(=O)OC(C)(C)C)C(C)N(C)c2ccccc21. The van der Waals surface area contributed by atoms with Gasteiger partial charge in [0, 0.05) is 18.3 Å². The zero-order valence-electron chi connectivity index (χ0n) is 13.9. The zero-order valence-corrected chi connectivity index (χ0v) is 13.9. The summed E-state index contributed by atoms with van der Waals surface area (Å²) in [6, 6.07) is 8.26. The van der Waals surface area contributed by atoms with Crippen LogP contribution in [0.15, 0.2) is 29.8 Å². The van der Waals surface area contributed by atoms with Crippen molar-refractivity contribution in [1.82, 2.24) is 0 Å². The van der Waals surface area contributed by atoms with E-state index in [0.717, 1.165) is 23.1 Å². The minimum Gasteiger partial charge on any atom is -0.457 e. The third kappa shape index (κ3) is 2.97. The predicted octanol–water partition coefficient (Wildman–Crippen LogP) is 4.03. The first-order valence-electron chi connectivity index (χ1n) is 7.55. The molecule has 1 aliphatic rings. The van der Waals surface area contributed by atoms with Gasteiger partial charge in [-0.25, -0.2) is 4.79 Å². The van der Waals surface area contributed by atoms with E-state index in [4.69, 9.17) is 4.74 Å². The molecule has 0 bridgehead atoms. The minimum atomic E-state index is -0.474. The molecule has 1 atom stereocenters. The number of ether oxygens (including phenoxy) is 1. The summed E-state index contributed by atoms with van der Waals surface area (Å²) in [5.41, 5.74) is 3.73. The number of nitrogens with zero attached hydrogens (tertiary/aromatic N) is 1. The molecule has 2 rings (SSSR count). The van der Waals surface area contributed by atoms with E-state index in [1.54, 1.807) is 0 Å². The largest absolute Gasteiger partial charge is 0.457 e. The summed E-state index contributed by atoms with van der Waals surface area (Å²) in [7, 11) is 2.03. The lowest BCUT2D eigenvalue weighted by molar-refractivity contribution is -0.150. The zero-order chi connectivity index (χ0) is 15.8. The average molecular weight is 287 g/mol. The van der Waals surface area contributed by atoms with E-state index < -0.39 is 5.60 Å². The van der Waals surface area contributed by atoms with Gasteiger partial charge < -0.3 is 9.64 Å². The second kappa shape index (κ2) is 5.55. The van der Waals surface area contributed by atoms with Gasteiger partial charge in [-0.15, -0.1) is 0 Å². The van der Waals surface area contributed by atoms with Crippen LogP contribution in [0.5, 0.6) is 0 Å². The second-order valence-electron chi connectivity index (χ2n) is 6.55. The van der Waals surface area contributed by atoms with Gasteiger partial charge in [-0.3, -0.25) is 0 Å². The van der Waals surface area contributed by atoms with Crippen LogP contribution in [-0.4, -0.2) is 24.7 Å². The first-order chi connectivity index (χ1) is 9.76. The Bertz CT molecular complexity index is 581. The molecule has 0 N–H and O–H groups in total. The molecule has 1 aromatic rings. The highest BCUT2D eigenvalue weighted by atomic mass is 16.6. The third-order valence-corrected chi connectivity index (χ3v) is 3.91. The second-order valence-corrected chi connectivity index (χ2v) is 6.55. The monoisotopic (exact) mass is 287 g/mol. The maximum Gasteiger partial charge on any atom is 0.336 e. The molecular formula is C18H25NO2. The van der Waals surface area contributed by atoms with Gasteiger partial charge in [0.15, 0.2) is 0 Å². The summed E-state index contributed by atoms with van der Waals surface area (Å²) in [6.45, 7) is 9.87. The van der Waals surface area contributed by atoms with Crippen LogP contribution >= 0.6 is 0 Å². The molecule has 1 unspecified atom stereocenters. The molecule has 0 aromatic heterocycles. The lowest BCUT2D eigenvalue weighted by Gasteiger charge is -2.37. The number of allylic oxidation sites excluding steroid dienone is 1. The number of anilines is 1. The van der Waals surface area contributed by atoms with Crippen molar-refractivity contribution in [3.8, 4) is 0 Å². The molecule has 0 amide bonds. The number of benzene rings is 1. The van der Waals surface area contributed by atoms with Crippen LogP contribution in [-0.2, 0) is 9.53 Å². The van der Waals surface area contributed by atoms with Gasteiger partial charge in [-0.2, -0.15) is 0 Å². The molecule has 1 aromatic carbocycles. The predicted molar refractivity (Wildman–Crippen MR) is 87.4 cm³/mol.